The highest BCUT2D eigenvalue weighted by molar-refractivity contribution is 5.99. The number of amides is 2. The normalized spacial score (nSPS) is 12.9. The first kappa shape index (κ1) is 16.1. The fraction of sp³-hybridized carbons (Fsp3) is 0.143. The lowest BCUT2D eigenvalue weighted by Crippen LogP contribution is -2.28. The fourth-order valence-electron chi connectivity index (χ4n) is 3.19. The highest BCUT2D eigenvalue weighted by Crippen LogP contribution is 2.29. The molecular formula is C21H18N2O3. The number of hydrogen-bond donors (Lipinski definition) is 1. The minimum absolute atomic E-state index is 0.0313. The Morgan fingerprint density at radius 2 is 1.92 bits per heavy atom. The van der Waals surface area contributed by atoms with Crippen LogP contribution >= 0.6 is 0 Å². The van der Waals surface area contributed by atoms with Gasteiger partial charge in [0.15, 0.2) is 6.61 Å². The first-order valence-electron chi connectivity index (χ1n) is 8.40. The molecular weight excluding hydrogens is 328 g/mol. The minimum atomic E-state index is -0.190. The maximum Gasteiger partial charge on any atom is 0.262 e. The van der Waals surface area contributed by atoms with Gasteiger partial charge in [0, 0.05) is 19.2 Å². The third-order valence-electron chi connectivity index (χ3n) is 4.50. The first-order valence-corrected chi connectivity index (χ1v) is 8.40. The number of carbonyl (C=O) groups is 2. The lowest BCUT2D eigenvalue weighted by atomic mass is 10.0. The monoisotopic (exact) mass is 346 g/mol. The van der Waals surface area contributed by atoms with E-state index in [9.17, 15) is 9.59 Å². The maximum atomic E-state index is 12.8. The number of fused-ring (bicyclic) bond motifs is 2. The van der Waals surface area contributed by atoms with Gasteiger partial charge in [-0.05, 0) is 34.5 Å². The van der Waals surface area contributed by atoms with Crippen LogP contribution in [0.3, 0.4) is 0 Å². The smallest absolute Gasteiger partial charge is 0.262 e. The molecule has 0 fully saturated rings. The van der Waals surface area contributed by atoms with Crippen LogP contribution in [0.2, 0.25) is 0 Å². The zero-order valence-electron chi connectivity index (χ0n) is 14.4. The minimum Gasteiger partial charge on any atom is -0.482 e. The average Bonchev–Trinajstić information content (AvgIpc) is 2.67. The van der Waals surface area contributed by atoms with Gasteiger partial charge in [-0.1, -0.05) is 42.5 Å². The van der Waals surface area contributed by atoms with E-state index < -0.39 is 0 Å². The molecule has 26 heavy (non-hydrogen) atoms. The highest BCUT2D eigenvalue weighted by Gasteiger charge is 2.19. The molecule has 130 valence electrons. The summed E-state index contributed by atoms with van der Waals surface area (Å²) in [4.78, 5) is 25.9. The number of anilines is 1. The molecule has 3 aromatic rings. The Morgan fingerprint density at radius 3 is 2.81 bits per heavy atom. The van der Waals surface area contributed by atoms with Crippen molar-refractivity contribution in [2.24, 2.45) is 0 Å². The number of carbonyl (C=O) groups excluding carboxylic acids is 2. The molecule has 1 aliphatic heterocycles. The molecule has 1 aliphatic rings. The summed E-state index contributed by atoms with van der Waals surface area (Å²) in [5.41, 5.74) is 2.22. The molecule has 0 atom stereocenters. The molecule has 0 radical (unpaired) electrons. The molecule has 1 N–H and O–H groups in total. The summed E-state index contributed by atoms with van der Waals surface area (Å²) in [5.74, 6) is 0.236. The van der Waals surface area contributed by atoms with E-state index in [1.54, 1.807) is 30.1 Å². The molecule has 2 amide bonds. The Kier molecular flexibility index (Phi) is 4.05. The number of rotatable bonds is 3. The van der Waals surface area contributed by atoms with Crippen LogP contribution in [-0.4, -0.2) is 30.4 Å². The molecule has 0 saturated heterocycles. The topological polar surface area (TPSA) is 58.6 Å². The average molecular weight is 346 g/mol. The summed E-state index contributed by atoms with van der Waals surface area (Å²) in [6, 6.07) is 19.3. The lowest BCUT2D eigenvalue weighted by Gasteiger charge is -2.21. The second-order valence-electron chi connectivity index (χ2n) is 6.35. The standard InChI is InChI=1S/C21H18N2O3/c1-23(12-16-7-4-6-14-5-2-3-8-17(14)16)21(25)15-9-10-18-19(11-15)26-13-20(24)22-18/h2-11H,12-13H2,1H3,(H,22,24). The predicted octanol–water partition coefficient (Wildman–Crippen LogP) is 3.44. The van der Waals surface area contributed by atoms with Crippen molar-refractivity contribution >= 4 is 28.3 Å². The summed E-state index contributed by atoms with van der Waals surface area (Å²) in [6.07, 6.45) is 0. The van der Waals surface area contributed by atoms with Gasteiger partial charge in [0.1, 0.15) is 5.75 Å². The van der Waals surface area contributed by atoms with Gasteiger partial charge in [-0.2, -0.15) is 0 Å². The van der Waals surface area contributed by atoms with Crippen molar-refractivity contribution < 1.29 is 14.3 Å². The van der Waals surface area contributed by atoms with E-state index in [1.165, 1.54) is 0 Å². The molecule has 3 aromatic carbocycles. The molecule has 5 heteroatoms. The van der Waals surface area contributed by atoms with Crippen molar-refractivity contribution in [2.75, 3.05) is 19.0 Å². The Hall–Kier alpha value is -3.34. The molecule has 5 nitrogen and oxygen atoms in total. The van der Waals surface area contributed by atoms with Crippen LogP contribution in [0.1, 0.15) is 15.9 Å². The van der Waals surface area contributed by atoms with Crippen LogP contribution in [0.25, 0.3) is 10.8 Å². The number of nitrogens with one attached hydrogen (secondary N) is 1. The molecule has 0 aromatic heterocycles. The van der Waals surface area contributed by atoms with Crippen LogP contribution in [-0.2, 0) is 11.3 Å². The predicted molar refractivity (Wildman–Crippen MR) is 100 cm³/mol. The zero-order valence-corrected chi connectivity index (χ0v) is 14.4. The van der Waals surface area contributed by atoms with Gasteiger partial charge in [0.2, 0.25) is 0 Å². The van der Waals surface area contributed by atoms with Crippen molar-refractivity contribution in [1.29, 1.82) is 0 Å². The molecule has 0 bridgehead atoms. The second-order valence-corrected chi connectivity index (χ2v) is 6.35. The Labute approximate surface area is 151 Å². The van der Waals surface area contributed by atoms with Crippen molar-refractivity contribution in [3.05, 3.63) is 71.8 Å². The summed E-state index contributed by atoms with van der Waals surface area (Å²) < 4.78 is 5.40. The van der Waals surface area contributed by atoms with Gasteiger partial charge in [-0.25, -0.2) is 0 Å². The van der Waals surface area contributed by atoms with Gasteiger partial charge < -0.3 is 15.0 Å². The quantitative estimate of drug-likeness (QED) is 0.790. The van der Waals surface area contributed by atoms with E-state index in [0.29, 0.717) is 23.5 Å². The Balaban J connectivity index is 1.57. The zero-order chi connectivity index (χ0) is 18.1. The van der Waals surface area contributed by atoms with Crippen molar-refractivity contribution in [1.82, 2.24) is 4.90 Å². The summed E-state index contributed by atoms with van der Waals surface area (Å²) in [7, 11) is 1.78. The van der Waals surface area contributed by atoms with Gasteiger partial charge in [-0.3, -0.25) is 9.59 Å². The van der Waals surface area contributed by atoms with Crippen LogP contribution in [0.4, 0.5) is 5.69 Å². The number of nitrogens with zero attached hydrogens (tertiary/aromatic N) is 1. The Morgan fingerprint density at radius 1 is 1.12 bits per heavy atom. The van der Waals surface area contributed by atoms with Crippen LogP contribution < -0.4 is 10.1 Å². The third-order valence-corrected chi connectivity index (χ3v) is 4.50. The van der Waals surface area contributed by atoms with Crippen LogP contribution in [0, 0.1) is 0 Å². The first-order chi connectivity index (χ1) is 12.6. The summed E-state index contributed by atoms with van der Waals surface area (Å²) >= 11 is 0. The van der Waals surface area contributed by atoms with Gasteiger partial charge in [-0.15, -0.1) is 0 Å². The molecule has 0 aliphatic carbocycles. The highest BCUT2D eigenvalue weighted by atomic mass is 16.5. The number of hydrogen-bond acceptors (Lipinski definition) is 3. The van der Waals surface area contributed by atoms with E-state index >= 15 is 0 Å². The Bertz CT molecular complexity index is 1010. The van der Waals surface area contributed by atoms with Crippen LogP contribution in [0.15, 0.2) is 60.7 Å². The van der Waals surface area contributed by atoms with Crippen LogP contribution in [0.5, 0.6) is 5.75 Å². The molecule has 1 heterocycles. The third kappa shape index (κ3) is 2.99. The summed E-state index contributed by atoms with van der Waals surface area (Å²) in [6.45, 7) is 0.478. The summed E-state index contributed by atoms with van der Waals surface area (Å²) in [5, 5.41) is 5.03. The fourth-order valence-corrected chi connectivity index (χ4v) is 3.19. The van der Waals surface area contributed by atoms with E-state index in [2.05, 4.69) is 23.5 Å². The van der Waals surface area contributed by atoms with Gasteiger partial charge in [0.25, 0.3) is 11.8 Å². The van der Waals surface area contributed by atoms with E-state index in [-0.39, 0.29) is 18.4 Å². The number of benzene rings is 3. The SMILES string of the molecule is CN(Cc1cccc2ccccc12)C(=O)c1ccc2c(c1)OCC(=O)N2. The van der Waals surface area contributed by atoms with Crippen molar-refractivity contribution in [3.63, 3.8) is 0 Å². The molecule has 0 spiro atoms. The van der Waals surface area contributed by atoms with Gasteiger partial charge >= 0.3 is 0 Å². The molecule has 0 unspecified atom stereocenters. The second kappa shape index (κ2) is 6.52. The van der Waals surface area contributed by atoms with Crippen molar-refractivity contribution in [3.8, 4) is 5.75 Å². The largest absolute Gasteiger partial charge is 0.482 e. The molecule has 4 rings (SSSR count). The van der Waals surface area contributed by atoms with Gasteiger partial charge in [0.05, 0.1) is 5.69 Å². The molecule has 0 saturated carbocycles. The van der Waals surface area contributed by atoms with E-state index in [0.717, 1.165) is 16.3 Å². The maximum absolute atomic E-state index is 12.8. The lowest BCUT2D eigenvalue weighted by molar-refractivity contribution is -0.118. The van der Waals surface area contributed by atoms with E-state index in [1.807, 2.05) is 24.3 Å². The van der Waals surface area contributed by atoms with E-state index in [4.69, 9.17) is 4.74 Å². The van der Waals surface area contributed by atoms with Crippen molar-refractivity contribution in [2.45, 2.75) is 6.54 Å². The number of ether oxygens (including phenoxy) is 1.